The fraction of sp³-hybridized carbons (Fsp3) is 0.478. The van der Waals surface area contributed by atoms with E-state index in [4.69, 9.17) is 0 Å². The molecule has 0 unspecified atom stereocenters. The fourth-order valence-corrected chi connectivity index (χ4v) is 6.08. The number of hydrogen-bond donors (Lipinski definition) is 1. The summed E-state index contributed by atoms with van der Waals surface area (Å²) >= 11 is 1.90. The van der Waals surface area contributed by atoms with E-state index in [1.54, 1.807) is 0 Å². The van der Waals surface area contributed by atoms with Crippen molar-refractivity contribution in [1.82, 2.24) is 14.7 Å². The second kappa shape index (κ2) is 7.73. The van der Waals surface area contributed by atoms with Crippen LogP contribution in [-0.2, 0) is 6.54 Å². The van der Waals surface area contributed by atoms with Crippen molar-refractivity contribution >= 4 is 31.5 Å². The van der Waals surface area contributed by atoms with Gasteiger partial charge in [-0.2, -0.15) is 0 Å². The number of aliphatic hydroxyl groups excluding tert-OH is 1. The Balaban J connectivity index is 1.31. The molecule has 148 valence electrons. The zero-order chi connectivity index (χ0) is 19.1. The van der Waals surface area contributed by atoms with E-state index in [9.17, 15) is 5.11 Å². The lowest BCUT2D eigenvalue weighted by Gasteiger charge is -2.44. The molecule has 2 aromatic carbocycles. The number of likely N-dealkylation sites (N-methyl/N-ethyl adjacent to an activating group) is 1. The molecule has 0 aliphatic carbocycles. The van der Waals surface area contributed by atoms with Crippen molar-refractivity contribution in [2.75, 3.05) is 46.3 Å². The average Bonchev–Trinajstić information content (AvgIpc) is 3.09. The Hall–Kier alpha value is -1.50. The minimum Gasteiger partial charge on any atom is -0.390 e. The molecule has 0 radical (unpaired) electrons. The Morgan fingerprint density at radius 2 is 1.75 bits per heavy atom. The molecule has 28 heavy (non-hydrogen) atoms. The average molecular weight is 396 g/mol. The zero-order valence-corrected chi connectivity index (χ0v) is 17.4. The molecule has 1 aromatic heterocycles. The third-order valence-corrected chi connectivity index (χ3v) is 7.78. The Kier molecular flexibility index (Phi) is 5.11. The van der Waals surface area contributed by atoms with Crippen LogP contribution in [0, 0.1) is 0 Å². The van der Waals surface area contributed by atoms with Gasteiger partial charge in [-0.15, -0.1) is 11.3 Å². The minimum atomic E-state index is -0.251. The number of benzene rings is 2. The van der Waals surface area contributed by atoms with Gasteiger partial charge in [-0.05, 0) is 25.1 Å². The Morgan fingerprint density at radius 1 is 0.964 bits per heavy atom. The van der Waals surface area contributed by atoms with Crippen molar-refractivity contribution in [2.24, 2.45) is 0 Å². The summed E-state index contributed by atoms with van der Waals surface area (Å²) in [4.78, 5) is 7.33. The van der Waals surface area contributed by atoms with E-state index in [1.165, 1.54) is 25.7 Å². The predicted molar refractivity (Wildman–Crippen MR) is 118 cm³/mol. The summed E-state index contributed by atoms with van der Waals surface area (Å²) < 4.78 is 2.76. The van der Waals surface area contributed by atoms with Crippen molar-refractivity contribution in [1.29, 1.82) is 0 Å². The van der Waals surface area contributed by atoms with Crippen LogP contribution >= 0.6 is 11.3 Å². The molecule has 1 N–H and O–H groups in total. The van der Waals surface area contributed by atoms with Crippen LogP contribution in [-0.4, -0.2) is 78.3 Å². The maximum atomic E-state index is 10.9. The van der Waals surface area contributed by atoms with Crippen molar-refractivity contribution in [3.8, 4) is 0 Å². The maximum absolute atomic E-state index is 10.9. The number of hydrogen-bond acceptors (Lipinski definition) is 5. The molecular formula is C23H29N3OS. The SMILES string of the molecule is CN1CCN([C@@H]2CCN(Cc3cccc4c3sc3ccccc34)C[C@H]2O)CC1. The topological polar surface area (TPSA) is 30.0 Å². The van der Waals surface area contributed by atoms with E-state index in [-0.39, 0.29) is 6.10 Å². The summed E-state index contributed by atoms with van der Waals surface area (Å²) in [6.45, 7) is 7.16. The lowest BCUT2D eigenvalue weighted by molar-refractivity contribution is -0.0285. The largest absolute Gasteiger partial charge is 0.390 e. The molecule has 5 rings (SSSR count). The van der Waals surface area contributed by atoms with Gasteiger partial charge in [-0.1, -0.05) is 36.4 Å². The zero-order valence-electron chi connectivity index (χ0n) is 16.6. The third kappa shape index (κ3) is 3.46. The lowest BCUT2D eigenvalue weighted by atomic mass is 9.98. The van der Waals surface area contributed by atoms with Gasteiger partial charge >= 0.3 is 0 Å². The molecule has 0 bridgehead atoms. The van der Waals surface area contributed by atoms with Gasteiger partial charge in [-0.25, -0.2) is 0 Å². The highest BCUT2D eigenvalue weighted by atomic mass is 32.1. The molecule has 3 aromatic rings. The van der Waals surface area contributed by atoms with Gasteiger partial charge in [0.2, 0.25) is 0 Å². The van der Waals surface area contributed by atoms with Crippen molar-refractivity contribution < 1.29 is 5.11 Å². The van der Waals surface area contributed by atoms with Gasteiger partial charge in [-0.3, -0.25) is 9.80 Å². The first kappa shape index (κ1) is 18.5. The molecule has 2 aliphatic rings. The smallest absolute Gasteiger partial charge is 0.0822 e. The van der Waals surface area contributed by atoms with Crippen LogP contribution in [0.1, 0.15) is 12.0 Å². The molecule has 5 heteroatoms. The Labute approximate surface area is 171 Å². The maximum Gasteiger partial charge on any atom is 0.0822 e. The number of β-amino-alcohol motifs (C(OH)–C–C–N with tert-alkyl or cyclic N) is 1. The van der Waals surface area contributed by atoms with Gasteiger partial charge in [0.1, 0.15) is 0 Å². The Morgan fingerprint density at radius 3 is 2.57 bits per heavy atom. The summed E-state index contributed by atoms with van der Waals surface area (Å²) in [6.07, 6.45) is 0.812. The lowest BCUT2D eigenvalue weighted by Crippen LogP contribution is -2.58. The van der Waals surface area contributed by atoms with E-state index < -0.39 is 0 Å². The predicted octanol–water partition coefficient (Wildman–Crippen LogP) is 3.24. The van der Waals surface area contributed by atoms with Crippen LogP contribution in [0.2, 0.25) is 0 Å². The van der Waals surface area contributed by atoms with Gasteiger partial charge in [0.25, 0.3) is 0 Å². The third-order valence-electron chi connectivity index (χ3n) is 6.52. The molecule has 0 amide bonds. The second-order valence-electron chi connectivity index (χ2n) is 8.39. The molecule has 2 aliphatic heterocycles. The normalized spacial score (nSPS) is 25.6. The number of piperidine rings is 1. The van der Waals surface area contributed by atoms with Gasteiger partial charge in [0, 0.05) is 72.0 Å². The van der Waals surface area contributed by atoms with Crippen molar-refractivity contribution in [2.45, 2.75) is 25.1 Å². The van der Waals surface area contributed by atoms with Gasteiger partial charge < -0.3 is 10.0 Å². The summed E-state index contributed by atoms with van der Waals surface area (Å²) in [5.41, 5.74) is 1.39. The summed E-state index contributed by atoms with van der Waals surface area (Å²) in [5, 5.41) is 13.6. The number of likely N-dealkylation sites (tertiary alicyclic amines) is 1. The van der Waals surface area contributed by atoms with E-state index in [0.29, 0.717) is 6.04 Å². The second-order valence-corrected chi connectivity index (χ2v) is 9.44. The van der Waals surface area contributed by atoms with Gasteiger partial charge in [0.15, 0.2) is 0 Å². The highest BCUT2D eigenvalue weighted by Gasteiger charge is 2.33. The molecule has 0 spiro atoms. The minimum absolute atomic E-state index is 0.251. The molecular weight excluding hydrogens is 366 g/mol. The first-order chi connectivity index (χ1) is 13.7. The molecule has 2 saturated heterocycles. The molecule has 0 saturated carbocycles. The van der Waals surface area contributed by atoms with Crippen LogP contribution in [0.5, 0.6) is 0 Å². The van der Waals surface area contributed by atoms with Crippen LogP contribution in [0.15, 0.2) is 42.5 Å². The van der Waals surface area contributed by atoms with Crippen LogP contribution < -0.4 is 0 Å². The van der Waals surface area contributed by atoms with Crippen molar-refractivity contribution in [3.05, 3.63) is 48.0 Å². The molecule has 3 heterocycles. The van der Waals surface area contributed by atoms with Gasteiger partial charge in [0.05, 0.1) is 6.10 Å². The fourth-order valence-electron chi connectivity index (χ4n) is 4.88. The number of fused-ring (bicyclic) bond motifs is 3. The number of rotatable bonds is 3. The number of thiophene rings is 1. The van der Waals surface area contributed by atoms with E-state index in [1.807, 2.05) is 11.3 Å². The number of aliphatic hydroxyl groups is 1. The number of nitrogens with zero attached hydrogens (tertiary/aromatic N) is 3. The number of piperazine rings is 1. The molecule has 2 fully saturated rings. The van der Waals surface area contributed by atoms with E-state index in [0.717, 1.165) is 52.2 Å². The van der Waals surface area contributed by atoms with Crippen LogP contribution in [0.25, 0.3) is 20.2 Å². The van der Waals surface area contributed by atoms with E-state index in [2.05, 4.69) is 64.2 Å². The Bertz CT molecular complexity index is 963. The first-order valence-corrected chi connectivity index (χ1v) is 11.2. The van der Waals surface area contributed by atoms with Crippen LogP contribution in [0.4, 0.5) is 0 Å². The first-order valence-electron chi connectivity index (χ1n) is 10.4. The highest BCUT2D eigenvalue weighted by molar-refractivity contribution is 7.26. The summed E-state index contributed by atoms with van der Waals surface area (Å²) in [7, 11) is 2.19. The standard InChI is InChI=1S/C23H29N3OS/c1-24-11-13-26(14-12-24)20-9-10-25(16-21(20)27)15-17-5-4-7-19-18-6-2-3-8-22(18)28-23(17)19/h2-8,20-21,27H,9-16H2,1H3/t20-,21-/m1/s1. The van der Waals surface area contributed by atoms with Crippen LogP contribution in [0.3, 0.4) is 0 Å². The van der Waals surface area contributed by atoms with Crippen molar-refractivity contribution in [3.63, 3.8) is 0 Å². The monoisotopic (exact) mass is 395 g/mol. The molecule has 2 atom stereocenters. The molecule has 4 nitrogen and oxygen atoms in total. The van der Waals surface area contributed by atoms with E-state index >= 15 is 0 Å². The summed E-state index contributed by atoms with van der Waals surface area (Å²) in [6, 6.07) is 15.7. The quantitative estimate of drug-likeness (QED) is 0.737. The highest BCUT2D eigenvalue weighted by Crippen LogP contribution is 2.36. The summed E-state index contributed by atoms with van der Waals surface area (Å²) in [5.74, 6) is 0.